The maximum absolute atomic E-state index is 12.8. The SMILES string of the molecule is CC(N=[N+]=[N-])c1cnn(Cc2cccnc2C(F)(F)F)c1. The van der Waals surface area contributed by atoms with Gasteiger partial charge in [-0.3, -0.25) is 9.67 Å². The van der Waals surface area contributed by atoms with Crippen LogP contribution >= 0.6 is 0 Å². The molecule has 0 aliphatic heterocycles. The molecule has 6 nitrogen and oxygen atoms in total. The van der Waals surface area contributed by atoms with Crippen molar-refractivity contribution in [1.29, 1.82) is 0 Å². The van der Waals surface area contributed by atoms with Gasteiger partial charge in [-0.2, -0.15) is 18.3 Å². The van der Waals surface area contributed by atoms with Gasteiger partial charge in [-0.25, -0.2) is 0 Å². The molecule has 2 rings (SSSR count). The number of aromatic nitrogens is 3. The van der Waals surface area contributed by atoms with E-state index >= 15 is 0 Å². The Morgan fingerprint density at radius 1 is 1.48 bits per heavy atom. The average molecular weight is 296 g/mol. The molecule has 0 aliphatic rings. The lowest BCUT2D eigenvalue weighted by Crippen LogP contribution is -2.14. The molecule has 0 radical (unpaired) electrons. The summed E-state index contributed by atoms with van der Waals surface area (Å²) in [6.07, 6.45) is -0.398. The number of alkyl halides is 3. The van der Waals surface area contributed by atoms with E-state index in [0.717, 1.165) is 6.20 Å². The first-order valence-corrected chi connectivity index (χ1v) is 5.99. The summed E-state index contributed by atoms with van der Waals surface area (Å²) in [5.74, 6) is 0. The van der Waals surface area contributed by atoms with Gasteiger partial charge in [-0.15, -0.1) is 0 Å². The highest BCUT2D eigenvalue weighted by atomic mass is 19.4. The van der Waals surface area contributed by atoms with Crippen LogP contribution < -0.4 is 0 Å². The van der Waals surface area contributed by atoms with E-state index < -0.39 is 17.9 Å². The highest BCUT2D eigenvalue weighted by Gasteiger charge is 2.35. The Bertz CT molecular complexity index is 672. The molecule has 0 saturated heterocycles. The Kier molecular flexibility index (Phi) is 4.13. The van der Waals surface area contributed by atoms with Gasteiger partial charge in [0.1, 0.15) is 5.69 Å². The molecule has 110 valence electrons. The molecule has 2 heterocycles. The number of hydrogen-bond acceptors (Lipinski definition) is 3. The summed E-state index contributed by atoms with van der Waals surface area (Å²) >= 11 is 0. The van der Waals surface area contributed by atoms with E-state index in [9.17, 15) is 13.2 Å². The second kappa shape index (κ2) is 5.84. The van der Waals surface area contributed by atoms with E-state index in [-0.39, 0.29) is 12.1 Å². The van der Waals surface area contributed by atoms with Crippen LogP contribution in [-0.2, 0) is 12.7 Å². The van der Waals surface area contributed by atoms with E-state index in [2.05, 4.69) is 20.1 Å². The number of hydrogen-bond donors (Lipinski definition) is 0. The largest absolute Gasteiger partial charge is 0.433 e. The summed E-state index contributed by atoms with van der Waals surface area (Å²) < 4.78 is 39.9. The van der Waals surface area contributed by atoms with Gasteiger partial charge in [-0.05, 0) is 17.2 Å². The van der Waals surface area contributed by atoms with E-state index in [0.29, 0.717) is 5.56 Å². The molecule has 1 unspecified atom stereocenters. The van der Waals surface area contributed by atoms with Crippen molar-refractivity contribution in [2.24, 2.45) is 5.11 Å². The highest BCUT2D eigenvalue weighted by Crippen LogP contribution is 2.30. The molecule has 0 aliphatic carbocycles. The van der Waals surface area contributed by atoms with Gasteiger partial charge in [0, 0.05) is 22.9 Å². The standard InChI is InChI=1S/C12H11F3N6/c1-8(19-20-16)10-5-18-21(7-10)6-9-3-2-4-17-11(9)12(13,14)15/h2-5,7-8H,6H2,1H3. The van der Waals surface area contributed by atoms with Gasteiger partial charge in [0.05, 0.1) is 18.8 Å². The maximum Gasteiger partial charge on any atom is 0.433 e. The summed E-state index contributed by atoms with van der Waals surface area (Å²) in [4.78, 5) is 6.07. The molecule has 1 atom stereocenters. The summed E-state index contributed by atoms with van der Waals surface area (Å²) in [7, 11) is 0. The highest BCUT2D eigenvalue weighted by molar-refractivity contribution is 5.23. The van der Waals surface area contributed by atoms with Crippen LogP contribution in [0.15, 0.2) is 35.8 Å². The average Bonchev–Trinajstić information content (AvgIpc) is 2.87. The van der Waals surface area contributed by atoms with Gasteiger partial charge in [0.2, 0.25) is 0 Å². The fraction of sp³-hybridized carbons (Fsp3) is 0.333. The normalized spacial score (nSPS) is 12.8. The van der Waals surface area contributed by atoms with Gasteiger partial charge < -0.3 is 0 Å². The third kappa shape index (κ3) is 3.51. The van der Waals surface area contributed by atoms with Crippen LogP contribution in [0.5, 0.6) is 0 Å². The Labute approximate surface area is 117 Å². The first-order chi connectivity index (χ1) is 9.91. The van der Waals surface area contributed by atoms with Gasteiger partial charge in [0.25, 0.3) is 0 Å². The minimum Gasteiger partial charge on any atom is -0.268 e. The maximum atomic E-state index is 12.8. The molecule has 0 bridgehead atoms. The predicted octanol–water partition coefficient (Wildman–Crippen LogP) is 3.72. The van der Waals surface area contributed by atoms with Crippen LogP contribution in [0.4, 0.5) is 13.2 Å². The van der Waals surface area contributed by atoms with Crippen molar-refractivity contribution >= 4 is 0 Å². The minimum atomic E-state index is -4.51. The Balaban J connectivity index is 2.26. The molecule has 0 amide bonds. The van der Waals surface area contributed by atoms with Crippen molar-refractivity contribution in [3.05, 3.63) is 58.0 Å². The quantitative estimate of drug-likeness (QED) is 0.489. The van der Waals surface area contributed by atoms with E-state index in [4.69, 9.17) is 5.53 Å². The first kappa shape index (κ1) is 14.9. The first-order valence-electron chi connectivity index (χ1n) is 5.99. The number of pyridine rings is 1. The van der Waals surface area contributed by atoms with Gasteiger partial charge in [0.15, 0.2) is 0 Å². The molecular weight excluding hydrogens is 285 g/mol. The van der Waals surface area contributed by atoms with Crippen LogP contribution in [0, 0.1) is 0 Å². The monoisotopic (exact) mass is 296 g/mol. The van der Waals surface area contributed by atoms with E-state index in [1.165, 1.54) is 23.0 Å². The zero-order chi connectivity index (χ0) is 15.5. The molecule has 2 aromatic rings. The lowest BCUT2D eigenvalue weighted by atomic mass is 10.2. The molecule has 0 saturated carbocycles. The molecule has 0 spiro atoms. The van der Waals surface area contributed by atoms with Gasteiger partial charge in [-0.1, -0.05) is 18.1 Å². The molecule has 0 N–H and O–H groups in total. The number of rotatable bonds is 4. The van der Waals surface area contributed by atoms with Crippen molar-refractivity contribution in [3.63, 3.8) is 0 Å². The predicted molar refractivity (Wildman–Crippen MR) is 68.1 cm³/mol. The van der Waals surface area contributed by atoms with E-state index in [1.807, 2.05) is 0 Å². The minimum absolute atomic E-state index is 0.0242. The summed E-state index contributed by atoms with van der Waals surface area (Å²) in [5, 5.41) is 7.48. The van der Waals surface area contributed by atoms with Crippen molar-refractivity contribution < 1.29 is 13.2 Å². The molecule has 2 aromatic heterocycles. The van der Waals surface area contributed by atoms with Gasteiger partial charge >= 0.3 is 6.18 Å². The second-order valence-electron chi connectivity index (χ2n) is 4.36. The molecule has 0 fully saturated rings. The Hall–Kier alpha value is -2.54. The smallest absolute Gasteiger partial charge is 0.268 e. The van der Waals surface area contributed by atoms with Crippen molar-refractivity contribution in [2.45, 2.75) is 25.7 Å². The van der Waals surface area contributed by atoms with Crippen LogP contribution in [0.25, 0.3) is 10.4 Å². The third-order valence-electron chi connectivity index (χ3n) is 2.85. The zero-order valence-corrected chi connectivity index (χ0v) is 11.0. The van der Waals surface area contributed by atoms with Crippen LogP contribution in [0.1, 0.15) is 29.8 Å². The fourth-order valence-electron chi connectivity index (χ4n) is 1.82. The van der Waals surface area contributed by atoms with E-state index in [1.54, 1.807) is 13.1 Å². The Morgan fingerprint density at radius 2 is 2.24 bits per heavy atom. The van der Waals surface area contributed by atoms with Crippen molar-refractivity contribution in [1.82, 2.24) is 14.8 Å². The van der Waals surface area contributed by atoms with Crippen molar-refractivity contribution in [3.8, 4) is 0 Å². The van der Waals surface area contributed by atoms with Crippen molar-refractivity contribution in [2.75, 3.05) is 0 Å². The number of azide groups is 1. The fourth-order valence-corrected chi connectivity index (χ4v) is 1.82. The lowest BCUT2D eigenvalue weighted by Gasteiger charge is -2.11. The Morgan fingerprint density at radius 3 is 2.90 bits per heavy atom. The molecule has 21 heavy (non-hydrogen) atoms. The molecular formula is C12H11F3N6. The van der Waals surface area contributed by atoms with Crippen LogP contribution in [-0.4, -0.2) is 14.8 Å². The zero-order valence-electron chi connectivity index (χ0n) is 11.0. The topological polar surface area (TPSA) is 79.5 Å². The number of nitrogens with zero attached hydrogens (tertiary/aromatic N) is 6. The summed E-state index contributed by atoms with van der Waals surface area (Å²) in [6, 6.07) is 2.37. The third-order valence-corrected chi connectivity index (χ3v) is 2.85. The second-order valence-corrected chi connectivity index (χ2v) is 4.36. The molecule has 0 aromatic carbocycles. The number of halogens is 3. The van der Waals surface area contributed by atoms with Crippen LogP contribution in [0.2, 0.25) is 0 Å². The summed E-state index contributed by atoms with van der Waals surface area (Å²) in [6.45, 7) is 1.61. The molecule has 9 heteroatoms. The van der Waals surface area contributed by atoms with Crippen LogP contribution in [0.3, 0.4) is 0 Å². The summed E-state index contributed by atoms with van der Waals surface area (Å²) in [5.41, 5.74) is 8.09. The lowest BCUT2D eigenvalue weighted by molar-refractivity contribution is -0.141.